The number of hydrogen-bond donors (Lipinski definition) is 0. The Morgan fingerprint density at radius 3 is 0.921 bits per heavy atom. The zero-order valence-electron chi connectivity index (χ0n) is 41.8. The number of carbonyl (C=O) groups is 3. The van der Waals surface area contributed by atoms with Gasteiger partial charge in [-0.15, -0.1) is 0 Å². The second-order valence-corrected chi connectivity index (χ2v) is 18.1. The molecule has 6 nitrogen and oxygen atoms in total. The van der Waals surface area contributed by atoms with Crippen LogP contribution in [-0.4, -0.2) is 37.2 Å². The Balaban J connectivity index is 4.37. The third-order valence-electron chi connectivity index (χ3n) is 11.8. The molecule has 0 fully saturated rings. The second kappa shape index (κ2) is 52.0. The zero-order chi connectivity index (χ0) is 45.8. The van der Waals surface area contributed by atoms with E-state index in [2.05, 4.69) is 69.4 Å². The molecule has 0 spiro atoms. The highest BCUT2D eigenvalue weighted by atomic mass is 16.6. The summed E-state index contributed by atoms with van der Waals surface area (Å²) in [5.74, 6) is -0.899. The third-order valence-corrected chi connectivity index (χ3v) is 11.8. The number of esters is 3. The first-order valence-electron chi connectivity index (χ1n) is 27.1. The molecule has 0 aliphatic carbocycles. The molecule has 0 saturated carbocycles. The maximum absolute atomic E-state index is 12.8. The lowest BCUT2D eigenvalue weighted by molar-refractivity contribution is -0.167. The molecular weight excluding hydrogens is 781 g/mol. The summed E-state index contributed by atoms with van der Waals surface area (Å²) >= 11 is 0. The van der Waals surface area contributed by atoms with Crippen LogP contribution in [0.25, 0.3) is 0 Å². The molecule has 1 atom stereocenters. The van der Waals surface area contributed by atoms with Gasteiger partial charge in [0.1, 0.15) is 13.2 Å². The second-order valence-electron chi connectivity index (χ2n) is 18.1. The topological polar surface area (TPSA) is 78.9 Å². The summed E-state index contributed by atoms with van der Waals surface area (Å²) in [6.45, 7) is 6.56. The van der Waals surface area contributed by atoms with Gasteiger partial charge in [0, 0.05) is 19.3 Å². The number of allylic oxidation sites excluding steroid dienone is 8. The van der Waals surface area contributed by atoms with E-state index in [1.165, 1.54) is 135 Å². The SMILES string of the molecule is CCCC/C=C\C/C=C\CCCCCCCC(=O)OCC(COC(=O)CCCCCCCCCCCCCCCCCCC)OC(=O)CCCCCCC/C=C\C/C=C\CCCC. The fourth-order valence-electron chi connectivity index (χ4n) is 7.65. The minimum absolute atomic E-state index is 0.0809. The van der Waals surface area contributed by atoms with Crippen molar-refractivity contribution in [3.8, 4) is 0 Å². The standard InChI is InChI=1S/C57H102O6/c1-4-7-10-13-16-19-22-25-28-29-30-33-35-38-41-44-47-50-56(59)62-53-54(63-57(60)51-48-45-42-39-36-32-27-24-21-18-15-12-9-6-3)52-61-55(58)49-46-43-40-37-34-31-26-23-20-17-14-11-8-5-2/h14-15,17-18,23-24,26-27,54H,4-13,16,19-22,25,28-53H2,1-3H3/b17-14-,18-15-,26-23-,27-24-. The van der Waals surface area contributed by atoms with E-state index in [0.29, 0.717) is 19.3 Å². The highest BCUT2D eigenvalue weighted by Crippen LogP contribution is 2.16. The average Bonchev–Trinajstić information content (AvgIpc) is 3.28. The van der Waals surface area contributed by atoms with Crippen molar-refractivity contribution in [3.63, 3.8) is 0 Å². The van der Waals surface area contributed by atoms with Crippen LogP contribution in [0.15, 0.2) is 48.6 Å². The quantitative estimate of drug-likeness (QED) is 0.0262. The Morgan fingerprint density at radius 1 is 0.317 bits per heavy atom. The number of unbranched alkanes of at least 4 members (excludes halogenated alkanes) is 30. The van der Waals surface area contributed by atoms with E-state index in [9.17, 15) is 14.4 Å². The Labute approximate surface area is 390 Å². The van der Waals surface area contributed by atoms with Gasteiger partial charge < -0.3 is 14.2 Å². The van der Waals surface area contributed by atoms with E-state index in [0.717, 1.165) is 103 Å². The number of carbonyl (C=O) groups excluding carboxylic acids is 3. The van der Waals surface area contributed by atoms with E-state index < -0.39 is 6.10 Å². The van der Waals surface area contributed by atoms with Crippen molar-refractivity contribution in [1.29, 1.82) is 0 Å². The molecule has 0 heterocycles. The average molecular weight is 883 g/mol. The molecule has 6 heteroatoms. The largest absolute Gasteiger partial charge is 0.462 e. The van der Waals surface area contributed by atoms with Crippen LogP contribution < -0.4 is 0 Å². The van der Waals surface area contributed by atoms with Crippen LogP contribution in [0, 0.1) is 0 Å². The lowest BCUT2D eigenvalue weighted by Crippen LogP contribution is -2.30. The Kier molecular flexibility index (Phi) is 49.8. The number of ether oxygens (including phenoxy) is 3. The van der Waals surface area contributed by atoms with Crippen molar-refractivity contribution < 1.29 is 28.6 Å². The predicted molar refractivity (Wildman–Crippen MR) is 270 cm³/mol. The van der Waals surface area contributed by atoms with Crippen molar-refractivity contribution >= 4 is 17.9 Å². The molecular formula is C57H102O6. The molecule has 0 aliphatic heterocycles. The first-order valence-corrected chi connectivity index (χ1v) is 27.1. The molecule has 0 aromatic rings. The molecule has 0 aliphatic rings. The van der Waals surface area contributed by atoms with Crippen molar-refractivity contribution in [3.05, 3.63) is 48.6 Å². The van der Waals surface area contributed by atoms with E-state index >= 15 is 0 Å². The molecule has 0 N–H and O–H groups in total. The van der Waals surface area contributed by atoms with Crippen LogP contribution in [0.5, 0.6) is 0 Å². The summed E-state index contributed by atoms with van der Waals surface area (Å²) in [5.41, 5.74) is 0. The van der Waals surface area contributed by atoms with Gasteiger partial charge in [-0.25, -0.2) is 0 Å². The molecule has 0 aromatic carbocycles. The molecule has 0 rings (SSSR count). The molecule has 0 aromatic heterocycles. The number of hydrogen-bond acceptors (Lipinski definition) is 6. The van der Waals surface area contributed by atoms with E-state index in [-0.39, 0.29) is 31.1 Å². The summed E-state index contributed by atoms with van der Waals surface area (Å²) in [6.07, 6.45) is 62.3. The van der Waals surface area contributed by atoms with Gasteiger partial charge in [0.15, 0.2) is 6.10 Å². The summed E-state index contributed by atoms with van der Waals surface area (Å²) < 4.78 is 16.8. The smallest absolute Gasteiger partial charge is 0.306 e. The summed E-state index contributed by atoms with van der Waals surface area (Å²) in [5, 5.41) is 0. The maximum atomic E-state index is 12.8. The Hall–Kier alpha value is -2.63. The third kappa shape index (κ3) is 50.2. The molecule has 0 saturated heterocycles. The van der Waals surface area contributed by atoms with Crippen molar-refractivity contribution in [1.82, 2.24) is 0 Å². The fraction of sp³-hybridized carbons (Fsp3) is 0.807. The molecule has 366 valence electrons. The van der Waals surface area contributed by atoms with Gasteiger partial charge in [-0.05, 0) is 70.6 Å². The normalized spacial score (nSPS) is 12.4. The van der Waals surface area contributed by atoms with Gasteiger partial charge in [0.2, 0.25) is 0 Å². The van der Waals surface area contributed by atoms with Gasteiger partial charge >= 0.3 is 17.9 Å². The lowest BCUT2D eigenvalue weighted by atomic mass is 10.0. The highest BCUT2D eigenvalue weighted by Gasteiger charge is 2.19. The maximum Gasteiger partial charge on any atom is 0.306 e. The van der Waals surface area contributed by atoms with Gasteiger partial charge in [0.25, 0.3) is 0 Å². The Bertz CT molecular complexity index is 1110. The molecule has 63 heavy (non-hydrogen) atoms. The molecule has 0 amide bonds. The predicted octanol–water partition coefficient (Wildman–Crippen LogP) is 17.9. The van der Waals surface area contributed by atoms with Crippen LogP contribution in [0.4, 0.5) is 0 Å². The van der Waals surface area contributed by atoms with Gasteiger partial charge in [-0.3, -0.25) is 14.4 Å². The first-order chi connectivity index (χ1) is 31.0. The first kappa shape index (κ1) is 60.4. The van der Waals surface area contributed by atoms with Crippen LogP contribution in [-0.2, 0) is 28.6 Å². The van der Waals surface area contributed by atoms with Crippen molar-refractivity contribution in [2.45, 2.75) is 284 Å². The van der Waals surface area contributed by atoms with Crippen LogP contribution in [0.2, 0.25) is 0 Å². The monoisotopic (exact) mass is 883 g/mol. The van der Waals surface area contributed by atoms with Crippen LogP contribution >= 0.6 is 0 Å². The van der Waals surface area contributed by atoms with Crippen LogP contribution in [0.3, 0.4) is 0 Å². The highest BCUT2D eigenvalue weighted by molar-refractivity contribution is 5.71. The zero-order valence-corrected chi connectivity index (χ0v) is 41.8. The number of rotatable bonds is 49. The van der Waals surface area contributed by atoms with E-state index in [1.54, 1.807) is 0 Å². The molecule has 0 bridgehead atoms. The van der Waals surface area contributed by atoms with Crippen LogP contribution in [0.1, 0.15) is 278 Å². The van der Waals surface area contributed by atoms with E-state index in [4.69, 9.17) is 14.2 Å². The minimum atomic E-state index is -0.783. The van der Waals surface area contributed by atoms with Gasteiger partial charge in [0.05, 0.1) is 0 Å². The molecule has 1 unspecified atom stereocenters. The molecule has 0 radical (unpaired) electrons. The Morgan fingerprint density at radius 2 is 0.587 bits per heavy atom. The summed E-state index contributed by atoms with van der Waals surface area (Å²) in [6, 6.07) is 0. The van der Waals surface area contributed by atoms with Crippen molar-refractivity contribution in [2.24, 2.45) is 0 Å². The van der Waals surface area contributed by atoms with Gasteiger partial charge in [-0.2, -0.15) is 0 Å². The minimum Gasteiger partial charge on any atom is -0.462 e. The fourth-order valence-corrected chi connectivity index (χ4v) is 7.65. The lowest BCUT2D eigenvalue weighted by Gasteiger charge is -2.18. The van der Waals surface area contributed by atoms with Gasteiger partial charge in [-0.1, -0.05) is 236 Å². The summed E-state index contributed by atoms with van der Waals surface area (Å²) in [7, 11) is 0. The summed E-state index contributed by atoms with van der Waals surface area (Å²) in [4.78, 5) is 38.0. The van der Waals surface area contributed by atoms with E-state index in [1.807, 2.05) is 0 Å². The van der Waals surface area contributed by atoms with Crippen molar-refractivity contribution in [2.75, 3.05) is 13.2 Å².